The summed E-state index contributed by atoms with van der Waals surface area (Å²) in [6.45, 7) is 6.08. The van der Waals surface area contributed by atoms with Gasteiger partial charge in [0.15, 0.2) is 0 Å². The van der Waals surface area contributed by atoms with Crippen LogP contribution in [0.3, 0.4) is 0 Å². The summed E-state index contributed by atoms with van der Waals surface area (Å²) in [5.41, 5.74) is 1.57. The van der Waals surface area contributed by atoms with E-state index in [1.807, 2.05) is 32.9 Å². The van der Waals surface area contributed by atoms with Gasteiger partial charge in [0.25, 0.3) is 0 Å². The summed E-state index contributed by atoms with van der Waals surface area (Å²) >= 11 is 0. The molecule has 2 unspecified atom stereocenters. The highest BCUT2D eigenvalue weighted by molar-refractivity contribution is 5.73. The first kappa shape index (κ1) is 16.8. The Balaban J connectivity index is 1.59. The van der Waals surface area contributed by atoms with Gasteiger partial charge in [-0.3, -0.25) is 4.79 Å². The highest BCUT2D eigenvalue weighted by atomic mass is 16.6. The van der Waals surface area contributed by atoms with Crippen molar-refractivity contribution in [1.82, 2.24) is 5.32 Å². The smallest absolute Gasteiger partial charge is 0.407 e. The van der Waals surface area contributed by atoms with Gasteiger partial charge in [0.2, 0.25) is 0 Å². The zero-order chi connectivity index (χ0) is 17.4. The molecule has 1 aliphatic heterocycles. The van der Waals surface area contributed by atoms with Crippen molar-refractivity contribution in [2.75, 3.05) is 6.61 Å². The maximum Gasteiger partial charge on any atom is 0.407 e. The monoisotopic (exact) mass is 331 g/mol. The van der Waals surface area contributed by atoms with Crippen molar-refractivity contribution in [2.45, 2.75) is 63.5 Å². The van der Waals surface area contributed by atoms with Crippen molar-refractivity contribution in [1.29, 1.82) is 0 Å². The molecule has 2 aliphatic rings. The van der Waals surface area contributed by atoms with E-state index in [4.69, 9.17) is 9.47 Å². The number of hydrogen-bond acceptors (Lipinski definition) is 4. The lowest BCUT2D eigenvalue weighted by Crippen LogP contribution is -2.40. The van der Waals surface area contributed by atoms with Crippen molar-refractivity contribution in [3.05, 3.63) is 35.4 Å². The van der Waals surface area contributed by atoms with Crippen LogP contribution in [-0.2, 0) is 20.7 Å². The second-order valence-electron chi connectivity index (χ2n) is 7.93. The Bertz CT molecular complexity index is 632. The summed E-state index contributed by atoms with van der Waals surface area (Å²) < 4.78 is 10.4. The van der Waals surface area contributed by atoms with Gasteiger partial charge < -0.3 is 14.8 Å². The molecule has 1 saturated carbocycles. The summed E-state index contributed by atoms with van der Waals surface area (Å²) in [7, 11) is 0. The van der Waals surface area contributed by atoms with Crippen LogP contribution in [0.5, 0.6) is 0 Å². The molecule has 2 fully saturated rings. The second-order valence-corrected chi connectivity index (χ2v) is 7.93. The first-order valence-corrected chi connectivity index (χ1v) is 8.50. The minimum atomic E-state index is -0.455. The third kappa shape index (κ3) is 3.89. The van der Waals surface area contributed by atoms with Crippen LogP contribution in [0.25, 0.3) is 0 Å². The number of rotatable bonds is 3. The minimum Gasteiger partial charge on any atom is -0.460 e. The number of amides is 1. The van der Waals surface area contributed by atoms with E-state index in [9.17, 15) is 9.59 Å². The number of benzene rings is 1. The molecular formula is C19H25NO4. The van der Waals surface area contributed by atoms with E-state index in [-0.39, 0.29) is 24.0 Å². The summed E-state index contributed by atoms with van der Waals surface area (Å²) in [4.78, 5) is 23.2. The molecule has 1 aromatic rings. The van der Waals surface area contributed by atoms with Gasteiger partial charge in [-0.2, -0.15) is 0 Å². The SMILES string of the molecule is CC(C)(C)OC(=O)Cc1ccc(C2CCC3(COC(=O)N3)C2)cc1. The molecule has 3 rings (SSSR count). The molecule has 1 saturated heterocycles. The topological polar surface area (TPSA) is 64.6 Å². The normalized spacial score (nSPS) is 26.3. The van der Waals surface area contributed by atoms with Crippen LogP contribution >= 0.6 is 0 Å². The van der Waals surface area contributed by atoms with E-state index in [1.54, 1.807) is 0 Å². The number of ether oxygens (including phenoxy) is 2. The van der Waals surface area contributed by atoms with Gasteiger partial charge >= 0.3 is 12.1 Å². The molecule has 1 amide bonds. The highest BCUT2D eigenvalue weighted by Crippen LogP contribution is 2.42. The molecule has 1 spiro atoms. The Morgan fingerprint density at radius 1 is 1.33 bits per heavy atom. The van der Waals surface area contributed by atoms with Crippen molar-refractivity contribution in [3.8, 4) is 0 Å². The Labute approximate surface area is 142 Å². The summed E-state index contributed by atoms with van der Waals surface area (Å²) in [5, 5.41) is 2.97. The van der Waals surface area contributed by atoms with Gasteiger partial charge in [0, 0.05) is 0 Å². The van der Waals surface area contributed by atoms with Gasteiger partial charge in [-0.25, -0.2) is 4.79 Å². The van der Waals surface area contributed by atoms with Crippen LogP contribution in [0.1, 0.15) is 57.1 Å². The molecular weight excluding hydrogens is 306 g/mol. The average Bonchev–Trinajstić information content (AvgIpc) is 3.05. The third-order valence-electron chi connectivity index (χ3n) is 4.67. The van der Waals surface area contributed by atoms with Crippen LogP contribution in [0.15, 0.2) is 24.3 Å². The fourth-order valence-corrected chi connectivity index (χ4v) is 3.60. The lowest BCUT2D eigenvalue weighted by molar-refractivity contribution is -0.153. The zero-order valence-electron chi connectivity index (χ0n) is 14.6. The molecule has 1 heterocycles. The summed E-state index contributed by atoms with van der Waals surface area (Å²) in [5.74, 6) is 0.212. The van der Waals surface area contributed by atoms with E-state index in [0.717, 1.165) is 24.8 Å². The molecule has 1 aromatic carbocycles. The Kier molecular flexibility index (Phi) is 4.28. The highest BCUT2D eigenvalue weighted by Gasteiger charge is 2.45. The van der Waals surface area contributed by atoms with Gasteiger partial charge in [0.05, 0.1) is 12.0 Å². The number of carbonyl (C=O) groups is 2. The summed E-state index contributed by atoms with van der Waals surface area (Å²) in [6, 6.07) is 8.16. The number of nitrogens with one attached hydrogen (secondary N) is 1. The van der Waals surface area contributed by atoms with Gasteiger partial charge in [-0.05, 0) is 57.1 Å². The largest absolute Gasteiger partial charge is 0.460 e. The minimum absolute atomic E-state index is 0.184. The molecule has 24 heavy (non-hydrogen) atoms. The number of hydrogen-bond donors (Lipinski definition) is 1. The van der Waals surface area contributed by atoms with Crippen molar-refractivity contribution >= 4 is 12.1 Å². The van der Waals surface area contributed by atoms with E-state index in [0.29, 0.717) is 12.5 Å². The van der Waals surface area contributed by atoms with E-state index < -0.39 is 5.60 Å². The quantitative estimate of drug-likeness (QED) is 0.863. The van der Waals surface area contributed by atoms with Crippen LogP contribution in [0.4, 0.5) is 4.79 Å². The van der Waals surface area contributed by atoms with Crippen LogP contribution in [0.2, 0.25) is 0 Å². The van der Waals surface area contributed by atoms with E-state index in [1.165, 1.54) is 5.56 Å². The van der Waals surface area contributed by atoms with Crippen molar-refractivity contribution in [2.24, 2.45) is 0 Å². The Morgan fingerprint density at radius 3 is 2.62 bits per heavy atom. The maximum absolute atomic E-state index is 11.9. The Morgan fingerprint density at radius 2 is 2.04 bits per heavy atom. The van der Waals surface area contributed by atoms with Gasteiger partial charge in [0.1, 0.15) is 12.2 Å². The molecule has 1 aliphatic carbocycles. The van der Waals surface area contributed by atoms with Gasteiger partial charge in [-0.15, -0.1) is 0 Å². The Hall–Kier alpha value is -2.04. The van der Waals surface area contributed by atoms with E-state index >= 15 is 0 Å². The first-order chi connectivity index (χ1) is 11.2. The molecule has 130 valence electrons. The molecule has 0 radical (unpaired) electrons. The number of esters is 1. The standard InChI is InChI=1S/C19H25NO4/c1-18(2,3)24-16(21)10-13-4-6-14(7-5-13)15-8-9-19(11-15)12-23-17(22)20-19/h4-7,15H,8-12H2,1-3H3,(H,20,22). The lowest BCUT2D eigenvalue weighted by Gasteiger charge is -2.20. The van der Waals surface area contributed by atoms with Crippen LogP contribution < -0.4 is 5.32 Å². The molecule has 2 atom stereocenters. The number of cyclic esters (lactones) is 1. The number of alkyl carbamates (subject to hydrolysis) is 1. The maximum atomic E-state index is 11.9. The lowest BCUT2D eigenvalue weighted by atomic mass is 9.92. The van der Waals surface area contributed by atoms with Crippen molar-refractivity contribution in [3.63, 3.8) is 0 Å². The first-order valence-electron chi connectivity index (χ1n) is 8.50. The molecule has 0 aromatic heterocycles. The molecule has 0 bridgehead atoms. The fourth-order valence-electron chi connectivity index (χ4n) is 3.60. The fraction of sp³-hybridized carbons (Fsp3) is 0.579. The predicted molar refractivity (Wildman–Crippen MR) is 89.8 cm³/mol. The average molecular weight is 331 g/mol. The zero-order valence-corrected chi connectivity index (χ0v) is 14.6. The van der Waals surface area contributed by atoms with Crippen LogP contribution in [-0.4, -0.2) is 29.8 Å². The second kappa shape index (κ2) is 6.11. The third-order valence-corrected chi connectivity index (χ3v) is 4.67. The van der Waals surface area contributed by atoms with Crippen LogP contribution in [0, 0.1) is 0 Å². The molecule has 5 nitrogen and oxygen atoms in total. The molecule has 1 N–H and O–H groups in total. The van der Waals surface area contributed by atoms with Crippen molar-refractivity contribution < 1.29 is 19.1 Å². The molecule has 5 heteroatoms. The van der Waals surface area contributed by atoms with E-state index in [2.05, 4.69) is 17.4 Å². The number of carbonyl (C=O) groups excluding carboxylic acids is 2. The predicted octanol–water partition coefficient (Wildman–Crippen LogP) is 3.32. The summed E-state index contributed by atoms with van der Waals surface area (Å²) in [6.07, 6.45) is 2.88. The van der Waals surface area contributed by atoms with Gasteiger partial charge in [-0.1, -0.05) is 24.3 Å².